The maximum atomic E-state index is 12.7. The van der Waals surface area contributed by atoms with Gasteiger partial charge in [0.25, 0.3) is 0 Å². The highest BCUT2D eigenvalue weighted by molar-refractivity contribution is 6.30. The summed E-state index contributed by atoms with van der Waals surface area (Å²) in [5.41, 5.74) is 1.90. The fourth-order valence-corrected chi connectivity index (χ4v) is 3.30. The monoisotopic (exact) mass is 415 g/mol. The summed E-state index contributed by atoms with van der Waals surface area (Å²) in [6.45, 7) is 6.56. The van der Waals surface area contributed by atoms with Crippen LogP contribution in [0, 0.1) is 0 Å². The highest BCUT2D eigenvalue weighted by Gasteiger charge is 2.24. The van der Waals surface area contributed by atoms with E-state index in [2.05, 4.69) is 0 Å². The number of nitrogens with zero attached hydrogens (tertiary/aromatic N) is 1. The number of carbonyl (C=O) groups is 1. The van der Waals surface area contributed by atoms with Crippen molar-refractivity contribution >= 4 is 23.6 Å². The molecule has 0 saturated carbocycles. The van der Waals surface area contributed by atoms with Crippen molar-refractivity contribution in [2.45, 2.75) is 20.0 Å². The van der Waals surface area contributed by atoms with E-state index in [1.807, 2.05) is 56.3 Å². The van der Waals surface area contributed by atoms with Gasteiger partial charge in [0.05, 0.1) is 26.4 Å². The molecule has 1 unspecified atom stereocenters. The second-order valence-corrected chi connectivity index (χ2v) is 7.04. The molecule has 1 amide bonds. The molecule has 29 heavy (non-hydrogen) atoms. The first-order valence-electron chi connectivity index (χ1n) is 9.84. The van der Waals surface area contributed by atoms with Gasteiger partial charge in [-0.05, 0) is 55.3 Å². The SMILES string of the molecule is CCOc1ccc(C=CC(=O)N2CCOC(c3ccc(Cl)cc3)C2)cc1OCC. The van der Waals surface area contributed by atoms with Crippen LogP contribution in [0.5, 0.6) is 11.5 Å². The van der Waals surface area contributed by atoms with Gasteiger partial charge in [-0.25, -0.2) is 0 Å². The minimum absolute atomic E-state index is 0.0425. The smallest absolute Gasteiger partial charge is 0.246 e. The number of hydrogen-bond acceptors (Lipinski definition) is 4. The van der Waals surface area contributed by atoms with Crippen LogP contribution in [0.25, 0.3) is 6.08 Å². The van der Waals surface area contributed by atoms with Gasteiger partial charge in [0.2, 0.25) is 5.91 Å². The fourth-order valence-electron chi connectivity index (χ4n) is 3.17. The van der Waals surface area contributed by atoms with Crippen molar-refractivity contribution in [3.8, 4) is 11.5 Å². The third kappa shape index (κ3) is 5.75. The molecular weight excluding hydrogens is 390 g/mol. The van der Waals surface area contributed by atoms with Crippen LogP contribution in [0.1, 0.15) is 31.1 Å². The molecule has 5 nitrogen and oxygen atoms in total. The van der Waals surface area contributed by atoms with Gasteiger partial charge in [0, 0.05) is 17.6 Å². The Morgan fingerprint density at radius 2 is 1.86 bits per heavy atom. The summed E-state index contributed by atoms with van der Waals surface area (Å²) in [7, 11) is 0. The first-order chi connectivity index (χ1) is 14.1. The van der Waals surface area contributed by atoms with E-state index in [-0.39, 0.29) is 12.0 Å². The van der Waals surface area contributed by atoms with Gasteiger partial charge in [0.15, 0.2) is 11.5 Å². The highest BCUT2D eigenvalue weighted by atomic mass is 35.5. The second kappa shape index (κ2) is 10.3. The number of morpholine rings is 1. The lowest BCUT2D eigenvalue weighted by Crippen LogP contribution is -2.41. The molecule has 154 valence electrons. The lowest BCUT2D eigenvalue weighted by molar-refractivity contribution is -0.133. The number of ether oxygens (including phenoxy) is 3. The van der Waals surface area contributed by atoms with Gasteiger partial charge in [-0.15, -0.1) is 0 Å². The average Bonchev–Trinajstić information content (AvgIpc) is 2.74. The van der Waals surface area contributed by atoms with Crippen LogP contribution in [-0.2, 0) is 9.53 Å². The Hall–Kier alpha value is -2.50. The Kier molecular flexibility index (Phi) is 7.55. The first kappa shape index (κ1) is 21.2. The highest BCUT2D eigenvalue weighted by Crippen LogP contribution is 2.29. The van der Waals surface area contributed by atoms with E-state index in [4.69, 9.17) is 25.8 Å². The van der Waals surface area contributed by atoms with Gasteiger partial charge in [0.1, 0.15) is 6.10 Å². The Bertz CT molecular complexity index is 850. The average molecular weight is 416 g/mol. The summed E-state index contributed by atoms with van der Waals surface area (Å²) < 4.78 is 17.1. The molecule has 1 aliphatic heterocycles. The Balaban J connectivity index is 1.66. The van der Waals surface area contributed by atoms with Crippen molar-refractivity contribution in [2.24, 2.45) is 0 Å². The number of halogens is 1. The summed E-state index contributed by atoms with van der Waals surface area (Å²) in [4.78, 5) is 14.5. The minimum atomic E-state index is -0.145. The molecule has 1 aliphatic rings. The van der Waals surface area contributed by atoms with Crippen LogP contribution in [0.15, 0.2) is 48.5 Å². The van der Waals surface area contributed by atoms with E-state index in [1.165, 1.54) is 0 Å². The number of benzene rings is 2. The fraction of sp³-hybridized carbons (Fsp3) is 0.348. The summed E-state index contributed by atoms with van der Waals surface area (Å²) in [6.07, 6.45) is 3.25. The second-order valence-electron chi connectivity index (χ2n) is 6.60. The predicted molar refractivity (Wildman–Crippen MR) is 115 cm³/mol. The molecule has 0 radical (unpaired) electrons. The van der Waals surface area contributed by atoms with Gasteiger partial charge < -0.3 is 19.1 Å². The van der Waals surface area contributed by atoms with Crippen LogP contribution in [-0.4, -0.2) is 43.7 Å². The van der Waals surface area contributed by atoms with Gasteiger partial charge in [-0.3, -0.25) is 4.79 Å². The molecule has 6 heteroatoms. The van der Waals surface area contributed by atoms with E-state index in [1.54, 1.807) is 17.1 Å². The zero-order valence-corrected chi connectivity index (χ0v) is 17.5. The Morgan fingerprint density at radius 3 is 2.59 bits per heavy atom. The number of rotatable bonds is 7. The van der Waals surface area contributed by atoms with Crippen LogP contribution < -0.4 is 9.47 Å². The zero-order chi connectivity index (χ0) is 20.6. The molecule has 3 rings (SSSR count). The normalized spacial score (nSPS) is 16.8. The summed E-state index contributed by atoms with van der Waals surface area (Å²) in [5, 5.41) is 0.683. The van der Waals surface area contributed by atoms with Crippen molar-refractivity contribution in [3.05, 3.63) is 64.7 Å². The molecule has 1 heterocycles. The van der Waals surface area contributed by atoms with Crippen LogP contribution >= 0.6 is 11.6 Å². The molecule has 2 aromatic carbocycles. The first-order valence-corrected chi connectivity index (χ1v) is 10.2. The molecule has 2 aromatic rings. The number of carbonyl (C=O) groups excluding carboxylic acids is 1. The van der Waals surface area contributed by atoms with Crippen LogP contribution in [0.3, 0.4) is 0 Å². The van der Waals surface area contributed by atoms with E-state index < -0.39 is 0 Å². The lowest BCUT2D eigenvalue weighted by Gasteiger charge is -2.32. The van der Waals surface area contributed by atoms with Crippen molar-refractivity contribution in [3.63, 3.8) is 0 Å². The van der Waals surface area contributed by atoms with Gasteiger partial charge >= 0.3 is 0 Å². The van der Waals surface area contributed by atoms with Crippen LogP contribution in [0.4, 0.5) is 0 Å². The third-order valence-corrected chi connectivity index (χ3v) is 4.86. The summed E-state index contributed by atoms with van der Waals surface area (Å²) in [5.74, 6) is 1.34. The van der Waals surface area contributed by atoms with Crippen molar-refractivity contribution in [2.75, 3.05) is 32.9 Å². The largest absolute Gasteiger partial charge is 0.490 e. The zero-order valence-electron chi connectivity index (χ0n) is 16.8. The Morgan fingerprint density at radius 1 is 1.14 bits per heavy atom. The molecule has 0 aliphatic carbocycles. The molecule has 0 spiro atoms. The van der Waals surface area contributed by atoms with Crippen molar-refractivity contribution < 1.29 is 19.0 Å². The number of hydrogen-bond donors (Lipinski definition) is 0. The van der Waals surface area contributed by atoms with Gasteiger partial charge in [-0.1, -0.05) is 29.8 Å². The van der Waals surface area contributed by atoms with Gasteiger partial charge in [-0.2, -0.15) is 0 Å². The minimum Gasteiger partial charge on any atom is -0.490 e. The maximum absolute atomic E-state index is 12.7. The quantitative estimate of drug-likeness (QED) is 0.612. The molecular formula is C23H26ClNO4. The number of amides is 1. The molecule has 0 N–H and O–H groups in total. The molecule has 1 saturated heterocycles. The standard InChI is InChI=1S/C23H26ClNO4/c1-3-27-20-11-5-17(15-21(20)28-4-2)6-12-23(26)25-13-14-29-22(16-25)18-7-9-19(24)10-8-18/h5-12,15,22H,3-4,13-14,16H2,1-2H3. The Labute approximate surface area is 176 Å². The topological polar surface area (TPSA) is 48.0 Å². The summed E-state index contributed by atoms with van der Waals surface area (Å²) in [6, 6.07) is 13.2. The lowest BCUT2D eigenvalue weighted by atomic mass is 10.1. The predicted octanol–water partition coefficient (Wildman–Crippen LogP) is 4.75. The van der Waals surface area contributed by atoms with Crippen molar-refractivity contribution in [1.29, 1.82) is 0 Å². The van der Waals surface area contributed by atoms with Crippen LogP contribution in [0.2, 0.25) is 5.02 Å². The maximum Gasteiger partial charge on any atom is 0.246 e. The molecule has 0 bridgehead atoms. The van der Waals surface area contributed by atoms with E-state index in [9.17, 15) is 4.79 Å². The third-order valence-electron chi connectivity index (χ3n) is 4.61. The van der Waals surface area contributed by atoms with E-state index in [0.29, 0.717) is 49.4 Å². The molecule has 1 atom stereocenters. The molecule has 0 aromatic heterocycles. The van der Waals surface area contributed by atoms with Crippen molar-refractivity contribution in [1.82, 2.24) is 4.90 Å². The summed E-state index contributed by atoms with van der Waals surface area (Å²) >= 11 is 5.96. The van der Waals surface area contributed by atoms with E-state index in [0.717, 1.165) is 11.1 Å². The molecule has 1 fully saturated rings. The van der Waals surface area contributed by atoms with E-state index >= 15 is 0 Å².